The Balaban J connectivity index is 1.82. The van der Waals surface area contributed by atoms with Gasteiger partial charge in [-0.25, -0.2) is 0 Å². The number of benzene rings is 2. The minimum Gasteiger partial charge on any atom is -0.497 e. The second-order valence-corrected chi connectivity index (χ2v) is 5.59. The second kappa shape index (κ2) is 7.84. The molecule has 0 saturated carbocycles. The summed E-state index contributed by atoms with van der Waals surface area (Å²) in [5.41, 5.74) is 2.70. The molecule has 0 aliphatic heterocycles. The standard InChI is InChI=1S/C19H25NO/c1-15(9-10-17-7-5-4-6-8-17)20-16(2)18-11-13-19(21-3)14-12-18/h4-8,11-16,20H,9-10H2,1-3H3/t15?,16-/m0/s1. The number of hydrogen-bond donors (Lipinski definition) is 1. The zero-order valence-electron chi connectivity index (χ0n) is 13.2. The molecule has 2 atom stereocenters. The molecular weight excluding hydrogens is 258 g/mol. The molecule has 2 nitrogen and oxygen atoms in total. The summed E-state index contributed by atoms with van der Waals surface area (Å²) in [5, 5.41) is 3.66. The summed E-state index contributed by atoms with van der Waals surface area (Å²) in [4.78, 5) is 0. The van der Waals surface area contributed by atoms with Gasteiger partial charge in [0, 0.05) is 12.1 Å². The van der Waals surface area contributed by atoms with Crippen LogP contribution in [0.15, 0.2) is 54.6 Å². The Kier molecular flexibility index (Phi) is 5.82. The van der Waals surface area contributed by atoms with E-state index in [0.717, 1.165) is 18.6 Å². The van der Waals surface area contributed by atoms with Gasteiger partial charge >= 0.3 is 0 Å². The van der Waals surface area contributed by atoms with Gasteiger partial charge in [0.1, 0.15) is 5.75 Å². The van der Waals surface area contributed by atoms with E-state index in [0.29, 0.717) is 12.1 Å². The average molecular weight is 283 g/mol. The molecule has 0 bridgehead atoms. The highest BCUT2D eigenvalue weighted by Crippen LogP contribution is 2.18. The van der Waals surface area contributed by atoms with Crippen LogP contribution >= 0.6 is 0 Å². The van der Waals surface area contributed by atoms with Crippen LogP contribution in [0.3, 0.4) is 0 Å². The van der Waals surface area contributed by atoms with Gasteiger partial charge in [-0.2, -0.15) is 0 Å². The highest BCUT2D eigenvalue weighted by Gasteiger charge is 2.09. The molecule has 0 aliphatic rings. The Morgan fingerprint density at radius 1 is 0.952 bits per heavy atom. The summed E-state index contributed by atoms with van der Waals surface area (Å²) in [6.45, 7) is 4.46. The van der Waals surface area contributed by atoms with Crippen molar-refractivity contribution in [3.8, 4) is 5.75 Å². The van der Waals surface area contributed by atoms with Crippen molar-refractivity contribution < 1.29 is 4.74 Å². The van der Waals surface area contributed by atoms with Crippen molar-refractivity contribution >= 4 is 0 Å². The fraction of sp³-hybridized carbons (Fsp3) is 0.368. The van der Waals surface area contributed by atoms with E-state index in [9.17, 15) is 0 Å². The van der Waals surface area contributed by atoms with Gasteiger partial charge in [-0.15, -0.1) is 0 Å². The third-order valence-electron chi connectivity index (χ3n) is 3.86. The van der Waals surface area contributed by atoms with Crippen LogP contribution in [-0.4, -0.2) is 13.2 Å². The van der Waals surface area contributed by atoms with Crippen molar-refractivity contribution in [2.45, 2.75) is 38.8 Å². The van der Waals surface area contributed by atoms with E-state index < -0.39 is 0 Å². The zero-order valence-corrected chi connectivity index (χ0v) is 13.2. The van der Waals surface area contributed by atoms with E-state index in [1.807, 2.05) is 12.1 Å². The van der Waals surface area contributed by atoms with Crippen LogP contribution in [0.25, 0.3) is 0 Å². The highest BCUT2D eigenvalue weighted by molar-refractivity contribution is 5.28. The lowest BCUT2D eigenvalue weighted by atomic mass is 10.0. The maximum Gasteiger partial charge on any atom is 0.118 e. The van der Waals surface area contributed by atoms with Crippen molar-refractivity contribution in [2.24, 2.45) is 0 Å². The minimum atomic E-state index is 0.349. The molecule has 2 heteroatoms. The zero-order chi connectivity index (χ0) is 15.1. The molecule has 0 saturated heterocycles. The Bertz CT molecular complexity index is 521. The topological polar surface area (TPSA) is 21.3 Å². The fourth-order valence-electron chi connectivity index (χ4n) is 2.53. The summed E-state index contributed by atoms with van der Waals surface area (Å²) in [7, 11) is 1.70. The maximum atomic E-state index is 5.20. The van der Waals surface area contributed by atoms with Crippen LogP contribution < -0.4 is 10.1 Å². The summed E-state index contributed by atoms with van der Waals surface area (Å²) in [6.07, 6.45) is 2.26. The first-order chi connectivity index (χ1) is 10.2. The Labute approximate surface area is 128 Å². The molecular formula is C19H25NO. The van der Waals surface area contributed by atoms with Crippen molar-refractivity contribution in [3.05, 3.63) is 65.7 Å². The lowest BCUT2D eigenvalue weighted by Gasteiger charge is -2.20. The van der Waals surface area contributed by atoms with Crippen LogP contribution in [0.2, 0.25) is 0 Å². The molecule has 2 rings (SSSR count). The van der Waals surface area contributed by atoms with E-state index in [1.54, 1.807) is 7.11 Å². The lowest BCUT2D eigenvalue weighted by Crippen LogP contribution is -2.29. The van der Waals surface area contributed by atoms with Gasteiger partial charge in [0.2, 0.25) is 0 Å². The molecule has 1 unspecified atom stereocenters. The first-order valence-corrected chi connectivity index (χ1v) is 7.63. The van der Waals surface area contributed by atoms with Crippen molar-refractivity contribution in [1.82, 2.24) is 5.32 Å². The molecule has 0 heterocycles. The third kappa shape index (κ3) is 4.91. The Hall–Kier alpha value is -1.80. The summed E-state index contributed by atoms with van der Waals surface area (Å²) in [5.74, 6) is 0.906. The van der Waals surface area contributed by atoms with Crippen LogP contribution in [0.4, 0.5) is 0 Å². The van der Waals surface area contributed by atoms with Crippen LogP contribution in [0, 0.1) is 0 Å². The van der Waals surface area contributed by atoms with Crippen LogP contribution in [0.5, 0.6) is 5.75 Å². The number of hydrogen-bond acceptors (Lipinski definition) is 2. The van der Waals surface area contributed by atoms with Crippen molar-refractivity contribution in [2.75, 3.05) is 7.11 Å². The van der Waals surface area contributed by atoms with E-state index in [2.05, 4.69) is 61.6 Å². The lowest BCUT2D eigenvalue weighted by molar-refractivity contribution is 0.413. The van der Waals surface area contributed by atoms with Crippen molar-refractivity contribution in [3.63, 3.8) is 0 Å². The first kappa shape index (κ1) is 15.6. The average Bonchev–Trinajstić information content (AvgIpc) is 2.54. The SMILES string of the molecule is COc1ccc([C@H](C)NC(C)CCc2ccccc2)cc1. The monoisotopic (exact) mass is 283 g/mol. The Morgan fingerprint density at radius 2 is 1.62 bits per heavy atom. The van der Waals surface area contributed by atoms with E-state index in [-0.39, 0.29) is 0 Å². The molecule has 112 valence electrons. The largest absolute Gasteiger partial charge is 0.497 e. The molecule has 0 radical (unpaired) electrons. The smallest absolute Gasteiger partial charge is 0.118 e. The number of rotatable bonds is 7. The van der Waals surface area contributed by atoms with Gasteiger partial charge in [-0.05, 0) is 49.9 Å². The van der Waals surface area contributed by atoms with Crippen molar-refractivity contribution in [1.29, 1.82) is 0 Å². The molecule has 1 N–H and O–H groups in total. The molecule has 0 aromatic heterocycles. The number of methoxy groups -OCH3 is 1. The summed E-state index contributed by atoms with van der Waals surface area (Å²) >= 11 is 0. The molecule has 0 amide bonds. The number of ether oxygens (including phenoxy) is 1. The normalized spacial score (nSPS) is 13.7. The third-order valence-corrected chi connectivity index (χ3v) is 3.86. The highest BCUT2D eigenvalue weighted by atomic mass is 16.5. The van der Waals surface area contributed by atoms with E-state index in [1.165, 1.54) is 11.1 Å². The maximum absolute atomic E-state index is 5.20. The molecule has 0 fully saturated rings. The van der Waals surface area contributed by atoms with Gasteiger partial charge in [0.05, 0.1) is 7.11 Å². The molecule has 2 aromatic carbocycles. The fourth-order valence-corrected chi connectivity index (χ4v) is 2.53. The second-order valence-electron chi connectivity index (χ2n) is 5.59. The quantitative estimate of drug-likeness (QED) is 0.815. The predicted molar refractivity (Wildman–Crippen MR) is 88.8 cm³/mol. The summed E-state index contributed by atoms with van der Waals surface area (Å²) < 4.78 is 5.20. The predicted octanol–water partition coefficient (Wildman–Crippen LogP) is 4.37. The van der Waals surface area contributed by atoms with E-state index in [4.69, 9.17) is 4.74 Å². The van der Waals surface area contributed by atoms with Gasteiger partial charge < -0.3 is 10.1 Å². The van der Waals surface area contributed by atoms with Crippen LogP contribution in [-0.2, 0) is 6.42 Å². The van der Waals surface area contributed by atoms with Gasteiger partial charge in [0.15, 0.2) is 0 Å². The van der Waals surface area contributed by atoms with Gasteiger partial charge in [0.25, 0.3) is 0 Å². The molecule has 2 aromatic rings. The molecule has 21 heavy (non-hydrogen) atoms. The van der Waals surface area contributed by atoms with Crippen LogP contribution in [0.1, 0.15) is 37.4 Å². The number of aryl methyl sites for hydroxylation is 1. The van der Waals surface area contributed by atoms with E-state index >= 15 is 0 Å². The summed E-state index contributed by atoms with van der Waals surface area (Å²) in [6, 6.07) is 19.8. The van der Waals surface area contributed by atoms with Gasteiger partial charge in [-0.3, -0.25) is 0 Å². The minimum absolute atomic E-state index is 0.349. The van der Waals surface area contributed by atoms with Gasteiger partial charge in [-0.1, -0.05) is 42.5 Å². The Morgan fingerprint density at radius 3 is 2.24 bits per heavy atom. The first-order valence-electron chi connectivity index (χ1n) is 7.63. The number of nitrogens with one attached hydrogen (secondary N) is 1. The molecule has 0 aliphatic carbocycles. The molecule has 0 spiro atoms.